The first-order valence-electron chi connectivity index (χ1n) is 5.55. The number of nitrogens with two attached hydrogens (primary N) is 1. The second-order valence-electron chi connectivity index (χ2n) is 3.55. The zero-order chi connectivity index (χ0) is 12.1. The first kappa shape index (κ1) is 11.6. The van der Waals surface area contributed by atoms with Gasteiger partial charge in [0.1, 0.15) is 0 Å². The summed E-state index contributed by atoms with van der Waals surface area (Å²) in [4.78, 5) is 3.97. The maximum Gasteiger partial charge on any atom is 0.230 e. The van der Waals surface area contributed by atoms with Crippen molar-refractivity contribution >= 4 is 5.88 Å². The van der Waals surface area contributed by atoms with Crippen molar-refractivity contribution in [3.63, 3.8) is 0 Å². The average Bonchev–Trinajstić information content (AvgIpc) is 2.72. The van der Waals surface area contributed by atoms with Crippen molar-refractivity contribution in [3.8, 4) is 11.1 Å². The maximum atomic E-state index is 5.79. The highest BCUT2D eigenvalue weighted by atomic mass is 16.5. The lowest BCUT2D eigenvalue weighted by Gasteiger charge is -2.02. The number of hydrogen-bond acceptors (Lipinski definition) is 5. The number of aromatic nitrogens is 2. The Hall–Kier alpha value is -1.88. The third kappa shape index (κ3) is 2.62. The monoisotopic (exact) mass is 233 g/mol. The molecule has 0 unspecified atom stereocenters. The van der Waals surface area contributed by atoms with E-state index in [-0.39, 0.29) is 0 Å². The number of hydrogen-bond donors (Lipinski definition) is 1. The first-order valence-corrected chi connectivity index (χ1v) is 5.55. The normalized spacial score (nSPS) is 10.6. The summed E-state index contributed by atoms with van der Waals surface area (Å²) in [5.41, 5.74) is 8.41. The fraction of sp³-hybridized carbons (Fsp3) is 0.333. The van der Waals surface area contributed by atoms with Crippen LogP contribution in [-0.2, 0) is 11.2 Å². The highest BCUT2D eigenvalue weighted by Crippen LogP contribution is 2.29. The van der Waals surface area contributed by atoms with Crippen molar-refractivity contribution in [2.75, 3.05) is 18.9 Å². The topological polar surface area (TPSA) is 74.2 Å². The molecule has 0 aromatic carbocycles. The molecule has 0 radical (unpaired) electrons. The van der Waals surface area contributed by atoms with Crippen molar-refractivity contribution in [2.24, 2.45) is 0 Å². The van der Waals surface area contributed by atoms with Crippen LogP contribution in [0.4, 0.5) is 5.88 Å². The third-order valence-corrected chi connectivity index (χ3v) is 2.45. The van der Waals surface area contributed by atoms with Crippen molar-refractivity contribution in [1.29, 1.82) is 0 Å². The predicted molar refractivity (Wildman–Crippen MR) is 64.3 cm³/mol. The van der Waals surface area contributed by atoms with Crippen LogP contribution in [0, 0.1) is 0 Å². The lowest BCUT2D eigenvalue weighted by atomic mass is 10.1. The molecule has 2 rings (SSSR count). The van der Waals surface area contributed by atoms with E-state index in [0.29, 0.717) is 25.5 Å². The molecule has 0 aliphatic heterocycles. The fourth-order valence-electron chi connectivity index (χ4n) is 1.65. The molecule has 0 aliphatic carbocycles. The fourth-order valence-corrected chi connectivity index (χ4v) is 1.65. The Morgan fingerprint density at radius 2 is 2.12 bits per heavy atom. The molecule has 2 N–H and O–H groups in total. The summed E-state index contributed by atoms with van der Waals surface area (Å²) < 4.78 is 10.3. The Bertz CT molecular complexity index is 468. The van der Waals surface area contributed by atoms with Crippen LogP contribution in [0.5, 0.6) is 0 Å². The molecule has 2 aromatic rings. The summed E-state index contributed by atoms with van der Waals surface area (Å²) in [6, 6.07) is 3.76. The molecule has 2 heterocycles. The number of nitrogens with zero attached hydrogens (tertiary/aromatic N) is 2. The predicted octanol–water partition coefficient (Wildman–Crippen LogP) is 1.90. The third-order valence-electron chi connectivity index (χ3n) is 2.45. The number of rotatable bonds is 5. The van der Waals surface area contributed by atoms with Gasteiger partial charge >= 0.3 is 0 Å². The van der Waals surface area contributed by atoms with Gasteiger partial charge in [-0.3, -0.25) is 4.98 Å². The molecule has 0 saturated heterocycles. The standard InChI is InChI=1S/C12H15N3O2/c1-2-16-8-5-10-11(12(13)17-15-10)9-3-6-14-7-4-9/h3-4,6-7H,2,5,8,13H2,1H3. The molecule has 0 amide bonds. The molecule has 0 aliphatic rings. The Labute approximate surface area is 99.6 Å². The Morgan fingerprint density at radius 1 is 1.35 bits per heavy atom. The van der Waals surface area contributed by atoms with E-state index in [9.17, 15) is 0 Å². The molecule has 0 fully saturated rings. The van der Waals surface area contributed by atoms with Crippen LogP contribution in [0.3, 0.4) is 0 Å². The van der Waals surface area contributed by atoms with Crippen LogP contribution in [0.15, 0.2) is 29.0 Å². The van der Waals surface area contributed by atoms with Gasteiger partial charge in [0, 0.05) is 25.4 Å². The van der Waals surface area contributed by atoms with Crippen molar-refractivity contribution in [1.82, 2.24) is 10.1 Å². The zero-order valence-corrected chi connectivity index (χ0v) is 9.72. The van der Waals surface area contributed by atoms with Crippen LogP contribution >= 0.6 is 0 Å². The Kier molecular flexibility index (Phi) is 3.72. The molecule has 90 valence electrons. The minimum absolute atomic E-state index is 0.336. The molecule has 0 saturated carbocycles. The van der Waals surface area contributed by atoms with Gasteiger partial charge in [0.2, 0.25) is 5.88 Å². The minimum Gasteiger partial charge on any atom is -0.381 e. The van der Waals surface area contributed by atoms with E-state index >= 15 is 0 Å². The highest BCUT2D eigenvalue weighted by molar-refractivity contribution is 5.74. The first-order chi connectivity index (χ1) is 8.33. The van der Waals surface area contributed by atoms with Crippen LogP contribution in [0.25, 0.3) is 11.1 Å². The summed E-state index contributed by atoms with van der Waals surface area (Å²) in [6.45, 7) is 3.26. The highest BCUT2D eigenvalue weighted by Gasteiger charge is 2.15. The van der Waals surface area contributed by atoms with Gasteiger partial charge in [0.05, 0.1) is 17.9 Å². The average molecular weight is 233 g/mol. The quantitative estimate of drug-likeness (QED) is 0.798. The molecule has 2 aromatic heterocycles. The summed E-state index contributed by atoms with van der Waals surface area (Å²) >= 11 is 0. The van der Waals surface area contributed by atoms with Crippen LogP contribution < -0.4 is 5.73 Å². The van der Waals surface area contributed by atoms with E-state index in [4.69, 9.17) is 15.0 Å². The molecular formula is C12H15N3O2. The smallest absolute Gasteiger partial charge is 0.230 e. The van der Waals surface area contributed by atoms with E-state index in [2.05, 4.69) is 10.1 Å². The van der Waals surface area contributed by atoms with Gasteiger partial charge in [-0.05, 0) is 24.6 Å². The van der Waals surface area contributed by atoms with Gasteiger partial charge in [0.25, 0.3) is 0 Å². The SMILES string of the molecule is CCOCCc1noc(N)c1-c1ccncc1. The van der Waals surface area contributed by atoms with Gasteiger partial charge in [-0.25, -0.2) is 0 Å². The van der Waals surface area contributed by atoms with E-state index in [1.165, 1.54) is 0 Å². The molecule has 17 heavy (non-hydrogen) atoms. The lowest BCUT2D eigenvalue weighted by molar-refractivity contribution is 0.149. The van der Waals surface area contributed by atoms with E-state index in [1.54, 1.807) is 12.4 Å². The lowest BCUT2D eigenvalue weighted by Crippen LogP contribution is -2.00. The van der Waals surface area contributed by atoms with Gasteiger partial charge in [-0.2, -0.15) is 0 Å². The molecule has 0 bridgehead atoms. The second kappa shape index (κ2) is 5.45. The van der Waals surface area contributed by atoms with Crippen molar-refractivity contribution in [2.45, 2.75) is 13.3 Å². The molecule has 5 heteroatoms. The van der Waals surface area contributed by atoms with Gasteiger partial charge in [0.15, 0.2) is 0 Å². The number of nitrogen functional groups attached to an aromatic ring is 1. The van der Waals surface area contributed by atoms with Crippen LogP contribution in [0.2, 0.25) is 0 Å². The zero-order valence-electron chi connectivity index (χ0n) is 9.72. The number of anilines is 1. The van der Waals surface area contributed by atoms with Crippen LogP contribution in [0.1, 0.15) is 12.6 Å². The van der Waals surface area contributed by atoms with Gasteiger partial charge in [-0.1, -0.05) is 5.16 Å². The van der Waals surface area contributed by atoms with E-state index in [1.807, 2.05) is 19.1 Å². The summed E-state index contributed by atoms with van der Waals surface area (Å²) in [7, 11) is 0. The Balaban J connectivity index is 2.24. The molecular weight excluding hydrogens is 218 g/mol. The molecule has 0 spiro atoms. The molecule has 5 nitrogen and oxygen atoms in total. The molecule has 0 atom stereocenters. The number of pyridine rings is 1. The van der Waals surface area contributed by atoms with Gasteiger partial charge in [-0.15, -0.1) is 0 Å². The van der Waals surface area contributed by atoms with Crippen molar-refractivity contribution in [3.05, 3.63) is 30.2 Å². The largest absolute Gasteiger partial charge is 0.381 e. The summed E-state index contributed by atoms with van der Waals surface area (Å²) in [6.07, 6.45) is 4.12. The van der Waals surface area contributed by atoms with Crippen LogP contribution in [-0.4, -0.2) is 23.4 Å². The maximum absolute atomic E-state index is 5.79. The Morgan fingerprint density at radius 3 is 2.82 bits per heavy atom. The van der Waals surface area contributed by atoms with Gasteiger partial charge < -0.3 is 15.0 Å². The second-order valence-corrected chi connectivity index (χ2v) is 3.55. The van der Waals surface area contributed by atoms with E-state index in [0.717, 1.165) is 16.8 Å². The van der Waals surface area contributed by atoms with Crippen molar-refractivity contribution < 1.29 is 9.26 Å². The summed E-state index contributed by atoms with van der Waals surface area (Å²) in [5, 5.41) is 3.96. The minimum atomic E-state index is 0.336. The number of ether oxygens (including phenoxy) is 1. The summed E-state index contributed by atoms with van der Waals surface area (Å²) in [5.74, 6) is 0.336. The van der Waals surface area contributed by atoms with E-state index < -0.39 is 0 Å².